The van der Waals surface area contributed by atoms with Gasteiger partial charge in [-0.1, -0.05) is 23.7 Å². The molecule has 140 valence electrons. The van der Waals surface area contributed by atoms with Crippen molar-refractivity contribution in [1.29, 1.82) is 0 Å². The van der Waals surface area contributed by atoms with Crippen molar-refractivity contribution in [3.05, 3.63) is 63.3 Å². The summed E-state index contributed by atoms with van der Waals surface area (Å²) in [5.41, 5.74) is -1.74. The van der Waals surface area contributed by atoms with E-state index in [0.29, 0.717) is 6.42 Å². The first-order chi connectivity index (χ1) is 12.8. The molecule has 9 heteroatoms. The van der Waals surface area contributed by atoms with Crippen molar-refractivity contribution in [2.75, 3.05) is 0 Å². The summed E-state index contributed by atoms with van der Waals surface area (Å²) in [6.45, 7) is 0. The van der Waals surface area contributed by atoms with E-state index in [1.54, 1.807) is 12.1 Å². The maximum atomic E-state index is 13.3. The van der Waals surface area contributed by atoms with Crippen molar-refractivity contribution in [3.63, 3.8) is 0 Å². The van der Waals surface area contributed by atoms with Crippen LogP contribution in [0.4, 0.5) is 17.6 Å². The van der Waals surface area contributed by atoms with Crippen LogP contribution in [0.1, 0.15) is 17.8 Å². The molecule has 1 aromatic carbocycles. The highest BCUT2D eigenvalue weighted by molar-refractivity contribution is 6.32. The van der Waals surface area contributed by atoms with Crippen LogP contribution in [0.2, 0.25) is 5.02 Å². The van der Waals surface area contributed by atoms with Gasteiger partial charge in [0.1, 0.15) is 11.9 Å². The molecule has 1 fully saturated rings. The molecule has 2 atom stereocenters. The van der Waals surface area contributed by atoms with Crippen molar-refractivity contribution in [1.82, 2.24) is 14.5 Å². The maximum Gasteiger partial charge on any atom is 0.433 e. The van der Waals surface area contributed by atoms with Gasteiger partial charge in [0.15, 0.2) is 5.65 Å². The zero-order valence-corrected chi connectivity index (χ0v) is 14.4. The van der Waals surface area contributed by atoms with Crippen LogP contribution in [-0.2, 0) is 12.6 Å². The molecule has 0 amide bonds. The Hall–Kier alpha value is -2.48. The van der Waals surface area contributed by atoms with Gasteiger partial charge in [0, 0.05) is 5.39 Å². The fourth-order valence-corrected chi connectivity index (χ4v) is 3.21. The largest absolute Gasteiger partial charge is 0.433 e. The topological polar surface area (TPSA) is 47.8 Å². The van der Waals surface area contributed by atoms with E-state index in [9.17, 15) is 22.4 Å². The number of fused-ring (bicyclic) bond motifs is 1. The summed E-state index contributed by atoms with van der Waals surface area (Å²) in [5, 5.41) is 0.433. The molecule has 3 aromatic rings. The smallest absolute Gasteiger partial charge is 0.247 e. The van der Waals surface area contributed by atoms with E-state index >= 15 is 0 Å². The first-order valence-corrected chi connectivity index (χ1v) is 8.52. The third-order valence-corrected chi connectivity index (χ3v) is 4.81. The third kappa shape index (κ3) is 3.29. The Kier molecular flexibility index (Phi) is 4.18. The minimum Gasteiger partial charge on any atom is -0.247 e. The van der Waals surface area contributed by atoms with Gasteiger partial charge in [0.05, 0.1) is 16.4 Å². The highest BCUT2D eigenvalue weighted by atomic mass is 35.5. The molecule has 0 bridgehead atoms. The molecule has 1 unspecified atom stereocenters. The molecule has 0 radical (unpaired) electrons. The standard InChI is InChI=1S/C18H12ClF4N3O/c19-11-3-1-2-4-14(11)26-16-10(5-6-15(25-16)18(21,22)23)13(24-17(26)27)8-9-7-12(9)20/h1-6,9,12H,7-8H2/t9?,12-/m1/s1. The highest BCUT2D eigenvalue weighted by Crippen LogP contribution is 2.38. The van der Waals surface area contributed by atoms with Gasteiger partial charge in [0.25, 0.3) is 0 Å². The normalized spacial score (nSPS) is 19.4. The molecule has 2 aromatic heterocycles. The summed E-state index contributed by atoms with van der Waals surface area (Å²) in [7, 11) is 0. The van der Waals surface area contributed by atoms with Gasteiger partial charge in [-0.05, 0) is 43.0 Å². The lowest BCUT2D eigenvalue weighted by atomic mass is 10.1. The Morgan fingerprint density at radius 2 is 1.85 bits per heavy atom. The quantitative estimate of drug-likeness (QED) is 0.617. The van der Waals surface area contributed by atoms with Crippen LogP contribution in [-0.4, -0.2) is 20.7 Å². The molecule has 4 rings (SSSR count). The van der Waals surface area contributed by atoms with Crippen LogP contribution >= 0.6 is 11.6 Å². The second kappa shape index (κ2) is 6.30. The Morgan fingerprint density at radius 3 is 2.48 bits per heavy atom. The minimum absolute atomic E-state index is 0.167. The molecule has 1 saturated carbocycles. The number of nitrogens with zero attached hydrogens (tertiary/aromatic N) is 3. The third-order valence-electron chi connectivity index (χ3n) is 4.50. The van der Waals surface area contributed by atoms with E-state index in [2.05, 4.69) is 9.97 Å². The number of hydrogen-bond acceptors (Lipinski definition) is 3. The van der Waals surface area contributed by atoms with Crippen molar-refractivity contribution < 1.29 is 17.6 Å². The summed E-state index contributed by atoms with van der Waals surface area (Å²) >= 11 is 6.13. The average molecular weight is 398 g/mol. The van der Waals surface area contributed by atoms with Gasteiger partial charge in [-0.15, -0.1) is 0 Å². The number of aromatic nitrogens is 3. The highest BCUT2D eigenvalue weighted by Gasteiger charge is 2.38. The van der Waals surface area contributed by atoms with Gasteiger partial charge in [0.2, 0.25) is 0 Å². The minimum atomic E-state index is -4.68. The SMILES string of the molecule is O=c1nc(CC2C[C@H]2F)c2ccc(C(F)(F)F)nc2n1-c1ccccc1Cl. The Morgan fingerprint density at radius 1 is 1.15 bits per heavy atom. The molecular weight excluding hydrogens is 386 g/mol. The van der Waals surface area contributed by atoms with Crippen molar-refractivity contribution in [2.24, 2.45) is 5.92 Å². The van der Waals surface area contributed by atoms with Crippen LogP contribution in [0.3, 0.4) is 0 Å². The van der Waals surface area contributed by atoms with Gasteiger partial charge >= 0.3 is 11.9 Å². The van der Waals surface area contributed by atoms with Gasteiger partial charge in [-0.3, -0.25) is 0 Å². The number of alkyl halides is 4. The molecule has 0 saturated heterocycles. The summed E-state index contributed by atoms with van der Waals surface area (Å²) in [4.78, 5) is 20.3. The lowest BCUT2D eigenvalue weighted by Gasteiger charge is -2.14. The zero-order valence-electron chi connectivity index (χ0n) is 13.7. The molecule has 0 spiro atoms. The Balaban J connectivity index is 2.01. The number of para-hydroxylation sites is 1. The fourth-order valence-electron chi connectivity index (χ4n) is 2.99. The Labute approximate surface area is 155 Å². The lowest BCUT2D eigenvalue weighted by molar-refractivity contribution is -0.141. The molecule has 27 heavy (non-hydrogen) atoms. The van der Waals surface area contributed by atoms with E-state index < -0.39 is 23.7 Å². The van der Waals surface area contributed by atoms with Crippen LogP contribution in [0, 0.1) is 5.92 Å². The Bertz CT molecular complexity index is 1100. The number of hydrogen-bond donors (Lipinski definition) is 0. The van der Waals surface area contributed by atoms with Crippen LogP contribution in [0.15, 0.2) is 41.2 Å². The van der Waals surface area contributed by atoms with E-state index in [1.165, 1.54) is 18.2 Å². The number of benzene rings is 1. The predicted octanol–water partition coefficient (Wildman–Crippen LogP) is 4.35. The molecule has 4 nitrogen and oxygen atoms in total. The summed E-state index contributed by atoms with van der Waals surface area (Å²) in [6, 6.07) is 8.27. The maximum absolute atomic E-state index is 13.3. The van der Waals surface area contributed by atoms with Crippen LogP contribution in [0.5, 0.6) is 0 Å². The number of halogens is 5. The summed E-state index contributed by atoms with van der Waals surface area (Å²) < 4.78 is 53.7. The van der Waals surface area contributed by atoms with E-state index in [4.69, 9.17) is 11.6 Å². The fraction of sp³-hybridized carbons (Fsp3) is 0.278. The molecule has 2 heterocycles. The predicted molar refractivity (Wildman–Crippen MR) is 91.9 cm³/mol. The van der Waals surface area contributed by atoms with E-state index in [1.807, 2.05) is 0 Å². The van der Waals surface area contributed by atoms with Crippen LogP contribution in [0.25, 0.3) is 16.7 Å². The summed E-state index contributed by atoms with van der Waals surface area (Å²) in [6.07, 6.45) is -5.14. The molecular formula is C18H12ClF4N3O. The first kappa shape index (κ1) is 17.9. The van der Waals surface area contributed by atoms with Crippen LogP contribution < -0.4 is 5.69 Å². The second-order valence-electron chi connectivity index (χ2n) is 6.41. The van der Waals surface area contributed by atoms with Crippen molar-refractivity contribution in [2.45, 2.75) is 25.2 Å². The molecule has 0 aliphatic heterocycles. The molecule has 0 N–H and O–H groups in total. The van der Waals surface area contributed by atoms with E-state index in [-0.39, 0.29) is 39.8 Å². The first-order valence-electron chi connectivity index (χ1n) is 8.14. The van der Waals surface area contributed by atoms with Crippen molar-refractivity contribution >= 4 is 22.6 Å². The van der Waals surface area contributed by atoms with Gasteiger partial charge in [-0.25, -0.2) is 18.7 Å². The molecule has 1 aliphatic carbocycles. The lowest BCUT2D eigenvalue weighted by Crippen LogP contribution is -2.25. The van der Waals surface area contributed by atoms with Gasteiger partial charge in [-0.2, -0.15) is 18.2 Å². The van der Waals surface area contributed by atoms with Crippen molar-refractivity contribution in [3.8, 4) is 5.69 Å². The second-order valence-corrected chi connectivity index (χ2v) is 6.82. The van der Waals surface area contributed by atoms with Gasteiger partial charge < -0.3 is 0 Å². The zero-order chi connectivity index (χ0) is 19.3. The average Bonchev–Trinajstić information content (AvgIpc) is 3.30. The molecule has 1 aliphatic rings. The number of rotatable bonds is 3. The van der Waals surface area contributed by atoms with E-state index in [0.717, 1.165) is 10.6 Å². The monoisotopic (exact) mass is 397 g/mol. The number of pyridine rings is 1. The summed E-state index contributed by atoms with van der Waals surface area (Å²) in [5.74, 6) is -0.279.